The zero-order chi connectivity index (χ0) is 22.0. The molecule has 4 rings (SSSR count). The molecule has 1 N–H and O–H groups in total. The Bertz CT molecular complexity index is 1310. The predicted octanol–water partition coefficient (Wildman–Crippen LogP) is 5.21. The second kappa shape index (κ2) is 8.16. The van der Waals surface area contributed by atoms with Crippen LogP contribution in [0.5, 0.6) is 11.5 Å². The number of ether oxygens (including phenoxy) is 1. The van der Waals surface area contributed by atoms with Crippen molar-refractivity contribution in [2.24, 2.45) is 0 Å². The van der Waals surface area contributed by atoms with Gasteiger partial charge >= 0.3 is 0 Å². The first-order valence-electron chi connectivity index (χ1n) is 8.87. The minimum absolute atomic E-state index is 0.0165. The molecule has 3 aromatic carbocycles. The summed E-state index contributed by atoms with van der Waals surface area (Å²) in [5.41, 5.74) is 1.33. The number of nitrogens with zero attached hydrogens (tertiary/aromatic N) is 4. The van der Waals surface area contributed by atoms with Crippen molar-refractivity contribution in [2.45, 2.75) is 0 Å². The molecule has 11 heteroatoms. The third-order valence-electron chi connectivity index (χ3n) is 4.39. The van der Waals surface area contributed by atoms with Crippen molar-refractivity contribution in [3.63, 3.8) is 0 Å². The van der Waals surface area contributed by atoms with Crippen LogP contribution in [0.1, 0.15) is 0 Å². The van der Waals surface area contributed by atoms with Gasteiger partial charge in [-0.25, -0.2) is 0 Å². The van der Waals surface area contributed by atoms with Gasteiger partial charge in [0.05, 0.1) is 15.5 Å². The van der Waals surface area contributed by atoms with Crippen LogP contribution in [-0.2, 0) is 0 Å². The standard InChI is InChI=1S/C20H13N5O5S/c26-24(27)15-3-1-13(2-4-15)19-21-22-20(31)23(19)14-5-9-17(10-6-14)30-18-11-7-16(8-12-18)25(28)29/h1-12H,(H,22,31). The van der Waals surface area contributed by atoms with Crippen LogP contribution in [0.25, 0.3) is 17.1 Å². The number of rotatable bonds is 6. The lowest BCUT2D eigenvalue weighted by Gasteiger charge is -2.09. The molecule has 1 aromatic heterocycles. The number of benzene rings is 3. The van der Waals surface area contributed by atoms with E-state index >= 15 is 0 Å². The molecule has 0 unspecified atom stereocenters. The van der Waals surface area contributed by atoms with Gasteiger partial charge < -0.3 is 4.74 Å². The van der Waals surface area contributed by atoms with Gasteiger partial charge in [-0.2, -0.15) is 5.10 Å². The number of aromatic nitrogens is 3. The molecule has 0 aliphatic carbocycles. The van der Waals surface area contributed by atoms with Gasteiger partial charge in [-0.05, 0) is 60.7 Å². The van der Waals surface area contributed by atoms with Crippen LogP contribution in [-0.4, -0.2) is 24.6 Å². The molecule has 0 aliphatic heterocycles. The average Bonchev–Trinajstić information content (AvgIpc) is 3.16. The summed E-state index contributed by atoms with van der Waals surface area (Å²) in [7, 11) is 0. The lowest BCUT2D eigenvalue weighted by Crippen LogP contribution is -1.98. The number of nitro groups is 2. The number of nitrogens with one attached hydrogen (secondary N) is 1. The number of non-ortho nitro benzene ring substituents is 2. The lowest BCUT2D eigenvalue weighted by molar-refractivity contribution is -0.385. The third-order valence-corrected chi connectivity index (χ3v) is 4.66. The van der Waals surface area contributed by atoms with E-state index < -0.39 is 9.85 Å². The highest BCUT2D eigenvalue weighted by atomic mass is 32.1. The van der Waals surface area contributed by atoms with E-state index in [1.165, 1.54) is 36.4 Å². The summed E-state index contributed by atoms with van der Waals surface area (Å²) < 4.78 is 7.78. The van der Waals surface area contributed by atoms with Gasteiger partial charge in [0.25, 0.3) is 11.4 Å². The molecule has 0 amide bonds. The van der Waals surface area contributed by atoms with Gasteiger partial charge in [0.2, 0.25) is 0 Å². The molecular weight excluding hydrogens is 422 g/mol. The molecule has 31 heavy (non-hydrogen) atoms. The summed E-state index contributed by atoms with van der Waals surface area (Å²) in [5.74, 6) is 1.50. The number of aromatic amines is 1. The Balaban J connectivity index is 1.59. The number of hydrogen-bond donors (Lipinski definition) is 1. The van der Waals surface area contributed by atoms with Gasteiger partial charge in [0, 0.05) is 29.8 Å². The molecule has 0 saturated heterocycles. The fraction of sp³-hybridized carbons (Fsp3) is 0. The SMILES string of the molecule is O=[N+]([O-])c1ccc(Oc2ccc(-n3c(-c4ccc([N+](=O)[O-])cc4)n[nH]c3=S)cc2)cc1. The maximum absolute atomic E-state index is 10.9. The highest BCUT2D eigenvalue weighted by molar-refractivity contribution is 7.71. The summed E-state index contributed by atoms with van der Waals surface area (Å²) in [6, 6.07) is 18.8. The molecule has 0 atom stereocenters. The Labute approximate surface area is 179 Å². The van der Waals surface area contributed by atoms with E-state index in [2.05, 4.69) is 10.2 Å². The molecule has 0 spiro atoms. The average molecular weight is 435 g/mol. The van der Waals surface area contributed by atoms with E-state index in [-0.39, 0.29) is 11.4 Å². The number of hydrogen-bond acceptors (Lipinski definition) is 7. The highest BCUT2D eigenvalue weighted by Gasteiger charge is 2.13. The minimum Gasteiger partial charge on any atom is -0.457 e. The Morgan fingerprint density at radius 1 is 0.806 bits per heavy atom. The maximum Gasteiger partial charge on any atom is 0.269 e. The van der Waals surface area contributed by atoms with Crippen molar-refractivity contribution in [1.82, 2.24) is 14.8 Å². The summed E-state index contributed by atoms with van der Waals surface area (Å²) in [5, 5.41) is 28.6. The fourth-order valence-corrected chi connectivity index (χ4v) is 3.14. The summed E-state index contributed by atoms with van der Waals surface area (Å²) in [4.78, 5) is 20.7. The first-order chi connectivity index (χ1) is 14.9. The van der Waals surface area contributed by atoms with Crippen LogP contribution in [0.15, 0.2) is 72.8 Å². The van der Waals surface area contributed by atoms with Crippen LogP contribution in [0.3, 0.4) is 0 Å². The van der Waals surface area contributed by atoms with E-state index in [0.717, 1.165) is 0 Å². The molecule has 154 valence electrons. The molecule has 0 bridgehead atoms. The van der Waals surface area contributed by atoms with Crippen LogP contribution in [0.4, 0.5) is 11.4 Å². The molecule has 0 saturated carbocycles. The first-order valence-corrected chi connectivity index (χ1v) is 9.28. The van der Waals surface area contributed by atoms with Crippen LogP contribution < -0.4 is 4.74 Å². The van der Waals surface area contributed by atoms with E-state index in [0.29, 0.717) is 33.3 Å². The molecule has 1 heterocycles. The van der Waals surface area contributed by atoms with Crippen molar-refractivity contribution < 1.29 is 14.6 Å². The second-order valence-electron chi connectivity index (χ2n) is 6.34. The van der Waals surface area contributed by atoms with Gasteiger partial charge in [0.15, 0.2) is 10.6 Å². The van der Waals surface area contributed by atoms with E-state index in [1.807, 2.05) is 0 Å². The molecule has 4 aromatic rings. The van der Waals surface area contributed by atoms with E-state index in [4.69, 9.17) is 17.0 Å². The first kappa shape index (κ1) is 19.9. The topological polar surface area (TPSA) is 129 Å². The van der Waals surface area contributed by atoms with Crippen LogP contribution in [0, 0.1) is 25.0 Å². The van der Waals surface area contributed by atoms with E-state index in [1.54, 1.807) is 41.0 Å². The van der Waals surface area contributed by atoms with Crippen LogP contribution >= 0.6 is 12.2 Å². The Kier molecular flexibility index (Phi) is 5.24. The minimum atomic E-state index is -0.477. The summed E-state index contributed by atoms with van der Waals surface area (Å²) in [6.07, 6.45) is 0. The number of H-pyrrole nitrogens is 1. The predicted molar refractivity (Wildman–Crippen MR) is 114 cm³/mol. The smallest absolute Gasteiger partial charge is 0.269 e. The summed E-state index contributed by atoms with van der Waals surface area (Å²) >= 11 is 5.34. The molecule has 0 aliphatic rings. The van der Waals surface area contributed by atoms with E-state index in [9.17, 15) is 20.2 Å². The molecular formula is C20H13N5O5S. The van der Waals surface area contributed by atoms with Crippen molar-refractivity contribution in [2.75, 3.05) is 0 Å². The highest BCUT2D eigenvalue weighted by Crippen LogP contribution is 2.27. The Hall–Kier alpha value is -4.38. The van der Waals surface area contributed by atoms with Gasteiger partial charge in [-0.15, -0.1) is 0 Å². The van der Waals surface area contributed by atoms with Crippen molar-refractivity contribution in [3.05, 3.63) is 97.8 Å². The molecule has 10 nitrogen and oxygen atoms in total. The maximum atomic E-state index is 10.9. The molecule has 0 radical (unpaired) electrons. The lowest BCUT2D eigenvalue weighted by atomic mass is 10.2. The number of nitro benzene ring substituents is 2. The van der Waals surface area contributed by atoms with Crippen molar-refractivity contribution in [3.8, 4) is 28.6 Å². The molecule has 0 fully saturated rings. The van der Waals surface area contributed by atoms with Gasteiger partial charge in [-0.1, -0.05) is 0 Å². The third kappa shape index (κ3) is 4.16. The largest absolute Gasteiger partial charge is 0.457 e. The zero-order valence-electron chi connectivity index (χ0n) is 15.7. The quantitative estimate of drug-likeness (QED) is 0.250. The Morgan fingerprint density at radius 3 is 1.81 bits per heavy atom. The Morgan fingerprint density at radius 2 is 1.29 bits per heavy atom. The summed E-state index contributed by atoms with van der Waals surface area (Å²) in [6.45, 7) is 0. The monoisotopic (exact) mass is 435 g/mol. The second-order valence-corrected chi connectivity index (χ2v) is 6.73. The fourth-order valence-electron chi connectivity index (χ4n) is 2.90. The normalized spacial score (nSPS) is 10.6. The zero-order valence-corrected chi connectivity index (χ0v) is 16.5. The van der Waals surface area contributed by atoms with Crippen LogP contribution in [0.2, 0.25) is 0 Å². The van der Waals surface area contributed by atoms with Crippen molar-refractivity contribution in [1.29, 1.82) is 0 Å². The van der Waals surface area contributed by atoms with Gasteiger partial charge in [-0.3, -0.25) is 29.9 Å². The van der Waals surface area contributed by atoms with Crippen molar-refractivity contribution >= 4 is 23.6 Å². The van der Waals surface area contributed by atoms with Gasteiger partial charge in [0.1, 0.15) is 11.5 Å².